The smallest absolute Gasteiger partial charge is 0.0829 e. The lowest BCUT2D eigenvalue weighted by atomic mass is 9.91. The van der Waals surface area contributed by atoms with Gasteiger partial charge in [0.15, 0.2) is 0 Å². The molecule has 0 saturated carbocycles. The first-order chi connectivity index (χ1) is 8.69. The lowest BCUT2D eigenvalue weighted by Gasteiger charge is -2.39. The van der Waals surface area contributed by atoms with Crippen molar-refractivity contribution in [2.75, 3.05) is 53.4 Å². The zero-order valence-electron chi connectivity index (χ0n) is 12.2. The fourth-order valence-corrected chi connectivity index (χ4v) is 3.17. The number of piperidine rings is 1. The zero-order valence-corrected chi connectivity index (χ0v) is 12.2. The number of likely N-dealkylation sites (tertiary alicyclic amines) is 1. The average Bonchev–Trinajstić information content (AvgIpc) is 2.38. The number of rotatable bonds is 4. The predicted octanol–water partition coefficient (Wildman–Crippen LogP) is 0.637. The van der Waals surface area contributed by atoms with Crippen molar-refractivity contribution < 1.29 is 4.74 Å². The molecule has 0 bridgehead atoms. The summed E-state index contributed by atoms with van der Waals surface area (Å²) in [7, 11) is 4.26. The SMILES string of the molecule is CNC(C)C1CCCN(CC2CN(C)CCO2)C1. The van der Waals surface area contributed by atoms with E-state index in [2.05, 4.69) is 36.1 Å². The van der Waals surface area contributed by atoms with Gasteiger partial charge in [-0.15, -0.1) is 0 Å². The van der Waals surface area contributed by atoms with Crippen LogP contribution in [0.15, 0.2) is 0 Å². The lowest BCUT2D eigenvalue weighted by Crippen LogP contribution is -2.50. The van der Waals surface area contributed by atoms with Crippen molar-refractivity contribution in [2.45, 2.75) is 31.9 Å². The molecule has 2 aliphatic rings. The summed E-state index contributed by atoms with van der Waals surface area (Å²) in [5, 5.41) is 3.40. The van der Waals surface area contributed by atoms with Gasteiger partial charge >= 0.3 is 0 Å². The summed E-state index contributed by atoms with van der Waals surface area (Å²) in [6.45, 7) is 8.95. The Morgan fingerprint density at radius 3 is 2.89 bits per heavy atom. The van der Waals surface area contributed by atoms with Crippen LogP contribution in [-0.2, 0) is 4.74 Å². The van der Waals surface area contributed by atoms with Crippen LogP contribution in [0.4, 0.5) is 0 Å². The van der Waals surface area contributed by atoms with E-state index in [4.69, 9.17) is 4.74 Å². The van der Waals surface area contributed by atoms with E-state index in [0.717, 1.165) is 32.2 Å². The molecule has 2 saturated heterocycles. The second kappa shape index (κ2) is 6.85. The van der Waals surface area contributed by atoms with Crippen molar-refractivity contribution in [2.24, 2.45) is 5.92 Å². The highest BCUT2D eigenvalue weighted by molar-refractivity contribution is 4.82. The molecule has 4 heteroatoms. The van der Waals surface area contributed by atoms with Gasteiger partial charge in [0.05, 0.1) is 12.7 Å². The first-order valence-corrected chi connectivity index (χ1v) is 7.39. The van der Waals surface area contributed by atoms with Crippen molar-refractivity contribution >= 4 is 0 Å². The molecule has 2 heterocycles. The van der Waals surface area contributed by atoms with Crippen molar-refractivity contribution in [3.63, 3.8) is 0 Å². The molecule has 3 unspecified atom stereocenters. The Bertz CT molecular complexity index is 249. The van der Waals surface area contributed by atoms with Gasteiger partial charge in [0.25, 0.3) is 0 Å². The Labute approximate surface area is 112 Å². The number of hydrogen-bond acceptors (Lipinski definition) is 4. The first-order valence-electron chi connectivity index (χ1n) is 7.39. The maximum atomic E-state index is 5.87. The van der Waals surface area contributed by atoms with Gasteiger partial charge in [0, 0.05) is 32.2 Å². The molecular weight excluding hydrogens is 226 g/mol. The van der Waals surface area contributed by atoms with Crippen LogP contribution >= 0.6 is 0 Å². The highest BCUT2D eigenvalue weighted by atomic mass is 16.5. The Morgan fingerprint density at radius 2 is 2.17 bits per heavy atom. The molecule has 1 N–H and O–H groups in total. The minimum atomic E-state index is 0.410. The number of ether oxygens (including phenoxy) is 1. The Morgan fingerprint density at radius 1 is 1.33 bits per heavy atom. The van der Waals surface area contributed by atoms with E-state index < -0.39 is 0 Å². The second-order valence-corrected chi connectivity index (χ2v) is 5.99. The molecule has 0 aromatic heterocycles. The highest BCUT2D eigenvalue weighted by Gasteiger charge is 2.27. The number of likely N-dealkylation sites (N-methyl/N-ethyl adjacent to an activating group) is 1. The average molecular weight is 255 g/mol. The van der Waals surface area contributed by atoms with Crippen LogP contribution in [-0.4, -0.2) is 75.4 Å². The zero-order chi connectivity index (χ0) is 13.0. The quantitative estimate of drug-likeness (QED) is 0.798. The van der Waals surface area contributed by atoms with Gasteiger partial charge in [-0.05, 0) is 46.3 Å². The molecule has 0 amide bonds. The Kier molecular flexibility index (Phi) is 5.42. The van der Waals surface area contributed by atoms with Crippen molar-refractivity contribution in [3.8, 4) is 0 Å². The topological polar surface area (TPSA) is 27.7 Å². The molecule has 2 fully saturated rings. The minimum absolute atomic E-state index is 0.410. The summed E-state index contributed by atoms with van der Waals surface area (Å²) in [5.74, 6) is 0.796. The van der Waals surface area contributed by atoms with Crippen LogP contribution in [0, 0.1) is 5.92 Å². The van der Waals surface area contributed by atoms with E-state index in [9.17, 15) is 0 Å². The molecule has 0 radical (unpaired) electrons. The molecule has 4 nitrogen and oxygen atoms in total. The van der Waals surface area contributed by atoms with Crippen LogP contribution in [0.2, 0.25) is 0 Å². The van der Waals surface area contributed by atoms with Gasteiger partial charge in [-0.3, -0.25) is 0 Å². The molecule has 18 heavy (non-hydrogen) atoms. The van der Waals surface area contributed by atoms with Crippen molar-refractivity contribution in [1.82, 2.24) is 15.1 Å². The highest BCUT2D eigenvalue weighted by Crippen LogP contribution is 2.20. The number of nitrogens with one attached hydrogen (secondary N) is 1. The molecule has 0 aliphatic carbocycles. The van der Waals surface area contributed by atoms with Crippen molar-refractivity contribution in [3.05, 3.63) is 0 Å². The monoisotopic (exact) mass is 255 g/mol. The summed E-state index contributed by atoms with van der Waals surface area (Å²) in [5.41, 5.74) is 0. The van der Waals surface area contributed by atoms with Crippen LogP contribution in [0.1, 0.15) is 19.8 Å². The van der Waals surface area contributed by atoms with Crippen LogP contribution in [0.25, 0.3) is 0 Å². The predicted molar refractivity (Wildman–Crippen MR) is 74.9 cm³/mol. The van der Waals surface area contributed by atoms with Crippen LogP contribution in [0.3, 0.4) is 0 Å². The fourth-order valence-electron chi connectivity index (χ4n) is 3.17. The van der Waals surface area contributed by atoms with E-state index >= 15 is 0 Å². The summed E-state index contributed by atoms with van der Waals surface area (Å²) in [6.07, 6.45) is 3.11. The van der Waals surface area contributed by atoms with Gasteiger partial charge in [0.1, 0.15) is 0 Å². The summed E-state index contributed by atoms with van der Waals surface area (Å²) >= 11 is 0. The molecular formula is C14H29N3O. The van der Waals surface area contributed by atoms with Crippen LogP contribution < -0.4 is 5.32 Å². The van der Waals surface area contributed by atoms with Gasteiger partial charge in [-0.2, -0.15) is 0 Å². The molecule has 0 aromatic rings. The first kappa shape index (κ1) is 14.3. The van der Waals surface area contributed by atoms with E-state index in [0.29, 0.717) is 12.1 Å². The second-order valence-electron chi connectivity index (χ2n) is 5.99. The summed E-state index contributed by atoms with van der Waals surface area (Å²) < 4.78 is 5.87. The largest absolute Gasteiger partial charge is 0.374 e. The fraction of sp³-hybridized carbons (Fsp3) is 1.00. The number of nitrogens with zero attached hydrogens (tertiary/aromatic N) is 2. The van der Waals surface area contributed by atoms with Crippen molar-refractivity contribution in [1.29, 1.82) is 0 Å². The summed E-state index contributed by atoms with van der Waals surface area (Å²) in [4.78, 5) is 4.98. The van der Waals surface area contributed by atoms with E-state index in [-0.39, 0.29) is 0 Å². The molecule has 0 aromatic carbocycles. The maximum absolute atomic E-state index is 5.87. The third-order valence-electron chi connectivity index (χ3n) is 4.51. The van der Waals surface area contributed by atoms with E-state index in [1.807, 2.05) is 0 Å². The third kappa shape index (κ3) is 3.92. The summed E-state index contributed by atoms with van der Waals surface area (Å²) in [6, 6.07) is 0.628. The number of morpholine rings is 1. The Balaban J connectivity index is 1.78. The molecule has 3 atom stereocenters. The van der Waals surface area contributed by atoms with Gasteiger partial charge in [0.2, 0.25) is 0 Å². The molecule has 106 valence electrons. The normalized spacial score (nSPS) is 33.5. The van der Waals surface area contributed by atoms with Gasteiger partial charge in [-0.25, -0.2) is 0 Å². The van der Waals surface area contributed by atoms with E-state index in [1.165, 1.54) is 25.9 Å². The lowest BCUT2D eigenvalue weighted by molar-refractivity contribution is -0.0412. The minimum Gasteiger partial charge on any atom is -0.374 e. The third-order valence-corrected chi connectivity index (χ3v) is 4.51. The standard InChI is InChI=1S/C14H29N3O/c1-12(15-2)13-5-4-6-17(9-13)11-14-10-16(3)7-8-18-14/h12-15H,4-11H2,1-3H3. The maximum Gasteiger partial charge on any atom is 0.0829 e. The Hall–Kier alpha value is -0.160. The van der Waals surface area contributed by atoms with E-state index in [1.54, 1.807) is 0 Å². The van der Waals surface area contributed by atoms with Crippen LogP contribution in [0.5, 0.6) is 0 Å². The van der Waals surface area contributed by atoms with Gasteiger partial charge in [-0.1, -0.05) is 0 Å². The van der Waals surface area contributed by atoms with Gasteiger partial charge < -0.3 is 19.9 Å². The molecule has 0 spiro atoms. The molecule has 2 rings (SSSR count). The number of hydrogen-bond donors (Lipinski definition) is 1. The molecule has 2 aliphatic heterocycles.